The molecule has 0 saturated heterocycles. The normalized spacial score (nSPS) is 11.4. The molecular weight excluding hydrogens is 248 g/mol. The second-order valence-corrected chi connectivity index (χ2v) is 3.94. The lowest BCUT2D eigenvalue weighted by atomic mass is 10.2. The number of halogens is 1. The molecule has 1 aromatic rings. The lowest BCUT2D eigenvalue weighted by Gasteiger charge is -2.09. The largest absolute Gasteiger partial charge is 0.320 e. The van der Waals surface area contributed by atoms with Gasteiger partial charge in [-0.05, 0) is 24.5 Å². The SMILES string of the molecule is CSCC[C@H](N)C(=O)Nc1ncccn1.Cl. The van der Waals surface area contributed by atoms with Crippen LogP contribution in [0, 0.1) is 0 Å². The fourth-order valence-corrected chi connectivity index (χ4v) is 1.43. The third kappa shape index (κ3) is 5.29. The van der Waals surface area contributed by atoms with Gasteiger partial charge >= 0.3 is 0 Å². The van der Waals surface area contributed by atoms with Crippen molar-refractivity contribution in [2.24, 2.45) is 5.73 Å². The molecule has 1 rings (SSSR count). The van der Waals surface area contributed by atoms with Crippen LogP contribution in [0.2, 0.25) is 0 Å². The minimum Gasteiger partial charge on any atom is -0.320 e. The van der Waals surface area contributed by atoms with Gasteiger partial charge < -0.3 is 5.73 Å². The average Bonchev–Trinajstić information content (AvgIpc) is 2.27. The van der Waals surface area contributed by atoms with E-state index in [0.717, 1.165) is 5.75 Å². The molecule has 7 heteroatoms. The number of nitrogens with two attached hydrogens (primary N) is 1. The van der Waals surface area contributed by atoms with Crippen LogP contribution in [-0.4, -0.2) is 33.9 Å². The van der Waals surface area contributed by atoms with Crippen molar-refractivity contribution in [3.05, 3.63) is 18.5 Å². The monoisotopic (exact) mass is 262 g/mol. The second-order valence-electron chi connectivity index (χ2n) is 2.95. The van der Waals surface area contributed by atoms with Gasteiger partial charge in [0.1, 0.15) is 0 Å². The van der Waals surface area contributed by atoms with Gasteiger partial charge in [0.25, 0.3) is 0 Å². The van der Waals surface area contributed by atoms with Gasteiger partial charge in [0, 0.05) is 12.4 Å². The van der Waals surface area contributed by atoms with Gasteiger partial charge in [0.2, 0.25) is 11.9 Å². The third-order valence-corrected chi connectivity index (χ3v) is 2.41. The number of rotatable bonds is 5. The van der Waals surface area contributed by atoms with Crippen LogP contribution >= 0.6 is 24.2 Å². The molecule has 0 fully saturated rings. The van der Waals surface area contributed by atoms with Gasteiger partial charge in [0.15, 0.2) is 0 Å². The van der Waals surface area contributed by atoms with E-state index in [2.05, 4.69) is 15.3 Å². The molecule has 0 bridgehead atoms. The number of hydrogen-bond donors (Lipinski definition) is 2. The van der Waals surface area contributed by atoms with Gasteiger partial charge in [-0.2, -0.15) is 11.8 Å². The van der Waals surface area contributed by atoms with Crippen molar-refractivity contribution in [3.63, 3.8) is 0 Å². The summed E-state index contributed by atoms with van der Waals surface area (Å²) in [7, 11) is 0. The number of nitrogens with zero attached hydrogens (tertiary/aromatic N) is 2. The number of hydrogen-bond acceptors (Lipinski definition) is 5. The Labute approximate surface area is 105 Å². The molecule has 0 aliphatic carbocycles. The predicted molar refractivity (Wildman–Crippen MR) is 68.9 cm³/mol. The number of carbonyl (C=O) groups excluding carboxylic acids is 1. The van der Waals surface area contributed by atoms with Gasteiger partial charge in [-0.3, -0.25) is 10.1 Å². The summed E-state index contributed by atoms with van der Waals surface area (Å²) in [6, 6.07) is 1.19. The van der Waals surface area contributed by atoms with Crippen molar-refractivity contribution >= 4 is 36.0 Å². The van der Waals surface area contributed by atoms with Crippen LogP contribution in [0.15, 0.2) is 18.5 Å². The lowest BCUT2D eigenvalue weighted by molar-refractivity contribution is -0.117. The van der Waals surface area contributed by atoms with E-state index in [1.807, 2.05) is 6.26 Å². The van der Waals surface area contributed by atoms with Gasteiger partial charge in [0.05, 0.1) is 6.04 Å². The van der Waals surface area contributed by atoms with E-state index in [-0.39, 0.29) is 18.3 Å². The molecule has 1 amide bonds. The molecule has 0 radical (unpaired) electrons. The molecule has 0 aliphatic rings. The highest BCUT2D eigenvalue weighted by Gasteiger charge is 2.13. The number of amides is 1. The van der Waals surface area contributed by atoms with Crippen LogP contribution < -0.4 is 11.1 Å². The van der Waals surface area contributed by atoms with Crippen molar-refractivity contribution < 1.29 is 4.79 Å². The quantitative estimate of drug-likeness (QED) is 0.825. The molecule has 16 heavy (non-hydrogen) atoms. The van der Waals surface area contributed by atoms with Crippen molar-refractivity contribution in [2.75, 3.05) is 17.3 Å². The Bertz CT molecular complexity index is 312. The Morgan fingerprint density at radius 3 is 2.75 bits per heavy atom. The molecule has 5 nitrogen and oxygen atoms in total. The van der Waals surface area contributed by atoms with Gasteiger partial charge in [-0.25, -0.2) is 9.97 Å². The van der Waals surface area contributed by atoms with Crippen LogP contribution in [0.3, 0.4) is 0 Å². The molecular formula is C9H15ClN4OS. The molecule has 0 aliphatic heterocycles. The Balaban J connectivity index is 0.00000225. The maximum absolute atomic E-state index is 11.5. The summed E-state index contributed by atoms with van der Waals surface area (Å²) in [5.41, 5.74) is 5.67. The summed E-state index contributed by atoms with van der Waals surface area (Å²) in [5.74, 6) is 0.918. The highest BCUT2D eigenvalue weighted by molar-refractivity contribution is 7.98. The number of nitrogens with one attached hydrogen (secondary N) is 1. The van der Waals surface area contributed by atoms with Gasteiger partial charge in [-0.15, -0.1) is 12.4 Å². The first kappa shape index (κ1) is 15.2. The zero-order valence-electron chi connectivity index (χ0n) is 8.92. The predicted octanol–water partition coefficient (Wildman–Crippen LogP) is 0.917. The van der Waals surface area contributed by atoms with Crippen LogP contribution in [0.4, 0.5) is 5.95 Å². The summed E-state index contributed by atoms with van der Waals surface area (Å²) < 4.78 is 0. The molecule has 0 aromatic carbocycles. The molecule has 1 aromatic heterocycles. The summed E-state index contributed by atoms with van der Waals surface area (Å²) in [4.78, 5) is 19.2. The van der Waals surface area contributed by atoms with E-state index in [1.165, 1.54) is 0 Å². The van der Waals surface area contributed by atoms with E-state index in [4.69, 9.17) is 5.73 Å². The first-order valence-electron chi connectivity index (χ1n) is 4.56. The highest BCUT2D eigenvalue weighted by Crippen LogP contribution is 2.01. The van der Waals surface area contributed by atoms with Crippen molar-refractivity contribution in [1.29, 1.82) is 0 Å². The molecule has 0 unspecified atom stereocenters. The molecule has 0 spiro atoms. The van der Waals surface area contributed by atoms with E-state index >= 15 is 0 Å². The molecule has 90 valence electrons. The van der Waals surface area contributed by atoms with Crippen molar-refractivity contribution in [3.8, 4) is 0 Å². The van der Waals surface area contributed by atoms with Crippen LogP contribution in [-0.2, 0) is 4.79 Å². The zero-order valence-corrected chi connectivity index (χ0v) is 10.6. The van der Waals surface area contributed by atoms with E-state index in [9.17, 15) is 4.79 Å². The van der Waals surface area contributed by atoms with Crippen molar-refractivity contribution in [2.45, 2.75) is 12.5 Å². The molecule has 3 N–H and O–H groups in total. The third-order valence-electron chi connectivity index (χ3n) is 1.77. The summed E-state index contributed by atoms with van der Waals surface area (Å²) in [5, 5.41) is 2.56. The van der Waals surface area contributed by atoms with E-state index in [1.54, 1.807) is 30.2 Å². The van der Waals surface area contributed by atoms with E-state index in [0.29, 0.717) is 12.4 Å². The fourth-order valence-electron chi connectivity index (χ4n) is 0.942. The highest BCUT2D eigenvalue weighted by atomic mass is 35.5. The molecule has 0 saturated carbocycles. The Hall–Kier alpha value is -0.850. The van der Waals surface area contributed by atoms with E-state index < -0.39 is 6.04 Å². The van der Waals surface area contributed by atoms with Crippen LogP contribution in [0.1, 0.15) is 6.42 Å². The van der Waals surface area contributed by atoms with Crippen molar-refractivity contribution in [1.82, 2.24) is 9.97 Å². The van der Waals surface area contributed by atoms with Crippen LogP contribution in [0.25, 0.3) is 0 Å². The fraction of sp³-hybridized carbons (Fsp3) is 0.444. The lowest BCUT2D eigenvalue weighted by Crippen LogP contribution is -2.36. The maximum atomic E-state index is 11.5. The topological polar surface area (TPSA) is 80.9 Å². The Morgan fingerprint density at radius 2 is 2.19 bits per heavy atom. The number of aromatic nitrogens is 2. The summed E-state index contributed by atoms with van der Waals surface area (Å²) in [6.07, 6.45) is 5.76. The first-order chi connectivity index (χ1) is 7.24. The minimum absolute atomic E-state index is 0. The maximum Gasteiger partial charge on any atom is 0.243 e. The summed E-state index contributed by atoms with van der Waals surface area (Å²) in [6.45, 7) is 0. The second kappa shape index (κ2) is 8.32. The summed E-state index contributed by atoms with van der Waals surface area (Å²) >= 11 is 1.66. The number of carbonyl (C=O) groups is 1. The zero-order chi connectivity index (χ0) is 11.1. The number of thioether (sulfide) groups is 1. The molecule has 1 atom stereocenters. The minimum atomic E-state index is -0.499. The first-order valence-corrected chi connectivity index (χ1v) is 5.96. The van der Waals surface area contributed by atoms with Gasteiger partial charge in [-0.1, -0.05) is 0 Å². The molecule has 1 heterocycles. The van der Waals surface area contributed by atoms with Crippen LogP contribution in [0.5, 0.6) is 0 Å². The standard InChI is InChI=1S/C9H14N4OS.ClH/c1-15-6-3-7(10)8(14)13-9-11-4-2-5-12-9;/h2,4-5,7H,3,6,10H2,1H3,(H,11,12,13,14);1H/t7-;/m0./s1. The Morgan fingerprint density at radius 1 is 1.56 bits per heavy atom. The number of anilines is 1. The smallest absolute Gasteiger partial charge is 0.243 e. The average molecular weight is 263 g/mol. The Kier molecular flexibility index (Phi) is 7.88.